The van der Waals surface area contributed by atoms with Crippen LogP contribution in [0.2, 0.25) is 0 Å². The molecule has 0 aromatic heterocycles. The summed E-state index contributed by atoms with van der Waals surface area (Å²) >= 11 is 0. The summed E-state index contributed by atoms with van der Waals surface area (Å²) in [6, 6.07) is 16.2. The summed E-state index contributed by atoms with van der Waals surface area (Å²) in [6.45, 7) is 0.246. The Balaban J connectivity index is 1.66. The zero-order valence-corrected chi connectivity index (χ0v) is 15.5. The molecule has 0 aliphatic rings. The van der Waals surface area contributed by atoms with E-state index >= 15 is 0 Å². The molecule has 3 aromatic rings. The van der Waals surface area contributed by atoms with Crippen LogP contribution in [0.15, 0.2) is 66.7 Å². The fraction of sp³-hybridized carbons (Fsp3) is 0.136. The van der Waals surface area contributed by atoms with Gasteiger partial charge < -0.3 is 15.2 Å². The minimum Gasteiger partial charge on any atom is -0.504 e. The molecule has 0 aliphatic carbocycles. The van der Waals surface area contributed by atoms with Crippen LogP contribution in [-0.2, 0) is 12.7 Å². The van der Waals surface area contributed by atoms with Gasteiger partial charge in [0.05, 0.1) is 12.7 Å². The Hall–Kier alpha value is -3.48. The number of aromatic hydroxyl groups is 1. The van der Waals surface area contributed by atoms with Crippen LogP contribution in [0.25, 0.3) is 11.1 Å². The average Bonchev–Trinajstić information content (AvgIpc) is 2.72. The summed E-state index contributed by atoms with van der Waals surface area (Å²) in [5.74, 6) is 0.0371. The maximum atomic E-state index is 12.7. The molecule has 0 atom stereocenters. The Bertz CT molecular complexity index is 997. The van der Waals surface area contributed by atoms with Crippen LogP contribution >= 0.6 is 0 Å². The smallest absolute Gasteiger partial charge is 0.416 e. The molecule has 0 heterocycles. The molecular formula is C22H18F3NO3. The maximum absolute atomic E-state index is 12.7. The van der Waals surface area contributed by atoms with Crippen LogP contribution in [-0.4, -0.2) is 18.1 Å². The molecule has 0 saturated carbocycles. The first kappa shape index (κ1) is 20.3. The molecule has 7 heteroatoms. The molecule has 29 heavy (non-hydrogen) atoms. The first-order valence-corrected chi connectivity index (χ1v) is 8.69. The van der Waals surface area contributed by atoms with E-state index in [0.717, 1.165) is 17.7 Å². The standard InChI is InChI=1S/C22H18F3NO3/c1-29-20-12-14(2-11-19(20)27)13-26-21(28)17-5-3-15(4-6-17)16-7-9-18(10-8-16)22(23,24)25/h2-12,27H,13H2,1H3,(H,26,28). The van der Waals surface area contributed by atoms with E-state index in [1.807, 2.05) is 0 Å². The van der Waals surface area contributed by atoms with Crippen LogP contribution in [0.4, 0.5) is 13.2 Å². The second-order valence-electron chi connectivity index (χ2n) is 6.34. The molecule has 0 aliphatic heterocycles. The number of nitrogens with one attached hydrogen (secondary N) is 1. The lowest BCUT2D eigenvalue weighted by Gasteiger charge is -2.10. The quantitative estimate of drug-likeness (QED) is 0.631. The zero-order chi connectivity index (χ0) is 21.0. The van der Waals surface area contributed by atoms with Crippen molar-refractivity contribution in [1.29, 1.82) is 0 Å². The number of ether oxygens (including phenoxy) is 1. The van der Waals surface area contributed by atoms with E-state index in [-0.39, 0.29) is 18.2 Å². The number of hydrogen-bond donors (Lipinski definition) is 2. The Morgan fingerprint density at radius 3 is 2.10 bits per heavy atom. The Kier molecular flexibility index (Phi) is 5.77. The molecule has 0 saturated heterocycles. The van der Waals surface area contributed by atoms with Gasteiger partial charge in [-0.2, -0.15) is 13.2 Å². The van der Waals surface area contributed by atoms with Crippen molar-refractivity contribution in [2.24, 2.45) is 0 Å². The molecule has 2 N–H and O–H groups in total. The van der Waals surface area contributed by atoms with Gasteiger partial charge in [0.1, 0.15) is 0 Å². The van der Waals surface area contributed by atoms with Gasteiger partial charge in [0.2, 0.25) is 0 Å². The van der Waals surface area contributed by atoms with Crippen molar-refractivity contribution < 1.29 is 27.8 Å². The summed E-state index contributed by atoms with van der Waals surface area (Å²) in [7, 11) is 1.44. The van der Waals surface area contributed by atoms with Crippen molar-refractivity contribution in [2.45, 2.75) is 12.7 Å². The third-order valence-corrected chi connectivity index (χ3v) is 4.39. The lowest BCUT2D eigenvalue weighted by atomic mass is 10.0. The number of amides is 1. The summed E-state index contributed by atoms with van der Waals surface area (Å²) in [6.07, 6.45) is -4.37. The minimum atomic E-state index is -4.37. The van der Waals surface area contributed by atoms with E-state index < -0.39 is 11.7 Å². The third kappa shape index (κ3) is 4.87. The van der Waals surface area contributed by atoms with Crippen molar-refractivity contribution in [3.63, 3.8) is 0 Å². The van der Waals surface area contributed by atoms with Gasteiger partial charge in [-0.1, -0.05) is 30.3 Å². The topological polar surface area (TPSA) is 58.6 Å². The number of hydrogen-bond acceptors (Lipinski definition) is 3. The molecule has 0 bridgehead atoms. The fourth-order valence-corrected chi connectivity index (χ4v) is 2.78. The minimum absolute atomic E-state index is 0.0152. The highest BCUT2D eigenvalue weighted by molar-refractivity contribution is 5.94. The monoisotopic (exact) mass is 401 g/mol. The van der Waals surface area contributed by atoms with Gasteiger partial charge in [-0.15, -0.1) is 0 Å². The highest BCUT2D eigenvalue weighted by atomic mass is 19.4. The number of alkyl halides is 3. The number of methoxy groups -OCH3 is 1. The first-order valence-electron chi connectivity index (χ1n) is 8.69. The molecule has 0 radical (unpaired) electrons. The number of halogens is 3. The summed E-state index contributed by atoms with van der Waals surface area (Å²) < 4.78 is 43.0. The van der Waals surface area contributed by atoms with Crippen LogP contribution in [0.1, 0.15) is 21.5 Å². The van der Waals surface area contributed by atoms with Crippen LogP contribution in [0, 0.1) is 0 Å². The number of carbonyl (C=O) groups excluding carboxylic acids is 1. The lowest BCUT2D eigenvalue weighted by molar-refractivity contribution is -0.137. The zero-order valence-electron chi connectivity index (χ0n) is 15.5. The van der Waals surface area contributed by atoms with E-state index in [4.69, 9.17) is 4.74 Å². The molecule has 4 nitrogen and oxygen atoms in total. The largest absolute Gasteiger partial charge is 0.504 e. The Morgan fingerprint density at radius 2 is 1.55 bits per heavy atom. The molecule has 3 aromatic carbocycles. The highest BCUT2D eigenvalue weighted by Crippen LogP contribution is 2.31. The average molecular weight is 401 g/mol. The van der Waals surface area contributed by atoms with Gasteiger partial charge in [0, 0.05) is 12.1 Å². The number of benzene rings is 3. The van der Waals surface area contributed by atoms with Gasteiger partial charge >= 0.3 is 6.18 Å². The molecule has 3 rings (SSSR count). The Labute approximate surface area is 165 Å². The van der Waals surface area contributed by atoms with Crippen molar-refractivity contribution >= 4 is 5.91 Å². The van der Waals surface area contributed by atoms with Gasteiger partial charge in [-0.25, -0.2) is 0 Å². The van der Waals surface area contributed by atoms with Crippen molar-refractivity contribution in [1.82, 2.24) is 5.32 Å². The highest BCUT2D eigenvalue weighted by Gasteiger charge is 2.29. The predicted octanol–water partition coefficient (Wildman–Crippen LogP) is 5.02. The normalized spacial score (nSPS) is 11.2. The van der Waals surface area contributed by atoms with Crippen molar-refractivity contribution in [3.05, 3.63) is 83.4 Å². The SMILES string of the molecule is COc1cc(CNC(=O)c2ccc(-c3ccc(C(F)(F)F)cc3)cc2)ccc1O. The van der Waals surface area contributed by atoms with E-state index in [0.29, 0.717) is 22.4 Å². The summed E-state index contributed by atoms with van der Waals surface area (Å²) in [5.41, 5.74) is 1.81. The van der Waals surface area contributed by atoms with E-state index in [9.17, 15) is 23.1 Å². The summed E-state index contributed by atoms with van der Waals surface area (Å²) in [4.78, 5) is 12.3. The second-order valence-corrected chi connectivity index (χ2v) is 6.34. The van der Waals surface area contributed by atoms with Crippen LogP contribution in [0.3, 0.4) is 0 Å². The third-order valence-electron chi connectivity index (χ3n) is 4.39. The molecular weight excluding hydrogens is 383 g/mol. The molecule has 0 fully saturated rings. The lowest BCUT2D eigenvalue weighted by Crippen LogP contribution is -2.22. The van der Waals surface area contributed by atoms with Gasteiger partial charge in [0.25, 0.3) is 5.91 Å². The molecule has 0 spiro atoms. The van der Waals surface area contributed by atoms with Gasteiger partial charge in [0.15, 0.2) is 11.5 Å². The van der Waals surface area contributed by atoms with E-state index in [1.165, 1.54) is 25.3 Å². The van der Waals surface area contributed by atoms with Crippen molar-refractivity contribution in [3.8, 4) is 22.6 Å². The molecule has 1 amide bonds. The first-order chi connectivity index (χ1) is 13.8. The van der Waals surface area contributed by atoms with Gasteiger partial charge in [-0.3, -0.25) is 4.79 Å². The molecule has 0 unspecified atom stereocenters. The number of phenols is 1. The number of phenolic OH excluding ortho intramolecular Hbond substituents is 1. The fourth-order valence-electron chi connectivity index (χ4n) is 2.78. The van der Waals surface area contributed by atoms with Crippen LogP contribution < -0.4 is 10.1 Å². The van der Waals surface area contributed by atoms with Crippen LogP contribution in [0.5, 0.6) is 11.5 Å². The predicted molar refractivity (Wildman–Crippen MR) is 103 cm³/mol. The maximum Gasteiger partial charge on any atom is 0.416 e. The van der Waals surface area contributed by atoms with Gasteiger partial charge in [-0.05, 0) is 53.1 Å². The Morgan fingerprint density at radius 1 is 0.966 bits per heavy atom. The molecule has 150 valence electrons. The summed E-state index contributed by atoms with van der Waals surface area (Å²) in [5, 5.41) is 12.4. The second kappa shape index (κ2) is 8.26. The van der Waals surface area contributed by atoms with Crippen molar-refractivity contribution in [2.75, 3.05) is 7.11 Å². The van der Waals surface area contributed by atoms with E-state index in [1.54, 1.807) is 36.4 Å². The van der Waals surface area contributed by atoms with E-state index in [2.05, 4.69) is 5.32 Å². The number of carbonyl (C=O) groups is 1. The number of rotatable bonds is 5.